The molecule has 2 aromatic rings. The number of benzene rings is 2. The lowest BCUT2D eigenvalue weighted by atomic mass is 9.73. The molecule has 29 heavy (non-hydrogen) atoms. The molecule has 2 heterocycles. The topological polar surface area (TPSA) is 23.6 Å². The lowest BCUT2D eigenvalue weighted by Crippen LogP contribution is -2.47. The highest BCUT2D eigenvalue weighted by Crippen LogP contribution is 2.39. The molecule has 1 fully saturated rings. The molecule has 0 aromatic heterocycles. The second-order valence-corrected chi connectivity index (χ2v) is 9.02. The fraction of sp³-hybridized carbons (Fsp3) is 0.500. The van der Waals surface area contributed by atoms with Gasteiger partial charge >= 0.3 is 0 Å². The minimum atomic E-state index is 0.235. The second kappa shape index (κ2) is 9.13. The molecule has 1 amide bonds. The Hall–Kier alpha value is -2.13. The van der Waals surface area contributed by atoms with Crippen LogP contribution in [0.25, 0.3) is 0 Å². The van der Waals surface area contributed by atoms with Gasteiger partial charge in [-0.3, -0.25) is 4.79 Å². The zero-order valence-electron chi connectivity index (χ0n) is 17.8. The van der Waals surface area contributed by atoms with Gasteiger partial charge in [-0.05, 0) is 67.3 Å². The molecule has 3 nitrogen and oxygen atoms in total. The summed E-state index contributed by atoms with van der Waals surface area (Å²) in [5.41, 5.74) is 4.46. The van der Waals surface area contributed by atoms with Crippen LogP contribution in [0, 0.1) is 5.41 Å². The normalized spacial score (nSPS) is 19.0. The van der Waals surface area contributed by atoms with Crippen LogP contribution < -0.4 is 0 Å². The van der Waals surface area contributed by atoms with Gasteiger partial charge in [0.05, 0.1) is 0 Å². The van der Waals surface area contributed by atoms with E-state index in [1.165, 1.54) is 29.5 Å². The summed E-state index contributed by atoms with van der Waals surface area (Å²) in [6.07, 6.45) is 6.21. The Morgan fingerprint density at radius 3 is 2.38 bits per heavy atom. The molecule has 2 aliphatic rings. The highest BCUT2D eigenvalue weighted by Gasteiger charge is 2.39. The Labute approximate surface area is 175 Å². The van der Waals surface area contributed by atoms with Crippen LogP contribution in [0.15, 0.2) is 54.6 Å². The van der Waals surface area contributed by atoms with Crippen molar-refractivity contribution in [2.24, 2.45) is 5.41 Å². The van der Waals surface area contributed by atoms with Crippen molar-refractivity contribution in [2.75, 3.05) is 26.2 Å². The number of piperidine rings is 1. The van der Waals surface area contributed by atoms with Gasteiger partial charge in [0.25, 0.3) is 0 Å². The van der Waals surface area contributed by atoms with Gasteiger partial charge in [-0.1, -0.05) is 61.5 Å². The molecule has 0 bridgehead atoms. The van der Waals surface area contributed by atoms with E-state index >= 15 is 0 Å². The molecule has 1 saturated heterocycles. The number of amides is 1. The summed E-state index contributed by atoms with van der Waals surface area (Å²) >= 11 is 0. The van der Waals surface area contributed by atoms with Gasteiger partial charge in [0.15, 0.2) is 0 Å². The largest absolute Gasteiger partial charge is 0.338 e. The first-order valence-electron chi connectivity index (χ1n) is 11.3. The number of carbonyl (C=O) groups is 1. The molecule has 0 atom stereocenters. The van der Waals surface area contributed by atoms with Crippen LogP contribution in [0.4, 0.5) is 0 Å². The Morgan fingerprint density at radius 1 is 0.966 bits per heavy atom. The smallest absolute Gasteiger partial charge is 0.222 e. The van der Waals surface area contributed by atoms with Crippen LogP contribution in [0.3, 0.4) is 0 Å². The molecule has 154 valence electrons. The van der Waals surface area contributed by atoms with Crippen LogP contribution in [0.5, 0.6) is 0 Å². The minimum absolute atomic E-state index is 0.235. The fourth-order valence-corrected chi connectivity index (χ4v) is 5.08. The van der Waals surface area contributed by atoms with E-state index in [2.05, 4.69) is 71.3 Å². The van der Waals surface area contributed by atoms with E-state index in [9.17, 15) is 4.79 Å². The second-order valence-electron chi connectivity index (χ2n) is 9.02. The highest BCUT2D eigenvalue weighted by atomic mass is 16.2. The molecule has 4 rings (SSSR count). The number of nitrogens with zero attached hydrogens (tertiary/aromatic N) is 2. The van der Waals surface area contributed by atoms with E-state index in [1.807, 2.05) is 0 Å². The van der Waals surface area contributed by atoms with Crippen molar-refractivity contribution in [3.63, 3.8) is 0 Å². The third-order valence-corrected chi connectivity index (χ3v) is 6.86. The van der Waals surface area contributed by atoms with Crippen LogP contribution in [0.2, 0.25) is 0 Å². The molecular formula is C26H34N2O. The molecular weight excluding hydrogens is 356 g/mol. The summed E-state index contributed by atoms with van der Waals surface area (Å²) in [4.78, 5) is 17.6. The van der Waals surface area contributed by atoms with Gasteiger partial charge in [0.2, 0.25) is 5.91 Å². The molecule has 0 radical (unpaired) electrons. The Bertz CT molecular complexity index is 808. The summed E-state index contributed by atoms with van der Waals surface area (Å²) in [6.45, 7) is 7.23. The monoisotopic (exact) mass is 390 g/mol. The Morgan fingerprint density at radius 2 is 1.66 bits per heavy atom. The average Bonchev–Trinajstić information content (AvgIpc) is 2.91. The van der Waals surface area contributed by atoms with Crippen molar-refractivity contribution in [1.29, 1.82) is 0 Å². The summed E-state index contributed by atoms with van der Waals surface area (Å²) < 4.78 is 0. The van der Waals surface area contributed by atoms with Crippen LogP contribution in [-0.2, 0) is 24.2 Å². The summed E-state index contributed by atoms with van der Waals surface area (Å²) in [6, 6.07) is 19.6. The van der Waals surface area contributed by atoms with E-state index in [0.29, 0.717) is 12.3 Å². The number of rotatable bonds is 5. The number of hydrogen-bond donors (Lipinski definition) is 0. The summed E-state index contributed by atoms with van der Waals surface area (Å²) in [7, 11) is 0. The van der Waals surface area contributed by atoms with Gasteiger partial charge in [0, 0.05) is 26.1 Å². The van der Waals surface area contributed by atoms with Crippen molar-refractivity contribution < 1.29 is 4.79 Å². The molecule has 0 unspecified atom stereocenters. The maximum Gasteiger partial charge on any atom is 0.222 e. The Balaban J connectivity index is 1.44. The predicted molar refractivity (Wildman–Crippen MR) is 119 cm³/mol. The molecule has 0 aliphatic carbocycles. The fourth-order valence-electron chi connectivity index (χ4n) is 5.08. The van der Waals surface area contributed by atoms with Crippen molar-refractivity contribution in [3.8, 4) is 0 Å². The van der Waals surface area contributed by atoms with Gasteiger partial charge in [-0.25, -0.2) is 0 Å². The van der Waals surface area contributed by atoms with Crippen molar-refractivity contribution in [2.45, 2.75) is 52.0 Å². The lowest BCUT2D eigenvalue weighted by Gasteiger charge is -2.43. The molecule has 1 spiro atoms. The van der Waals surface area contributed by atoms with Crippen molar-refractivity contribution in [1.82, 2.24) is 9.80 Å². The predicted octanol–water partition coefficient (Wildman–Crippen LogP) is 4.70. The quantitative estimate of drug-likeness (QED) is 0.739. The maximum absolute atomic E-state index is 12.8. The first kappa shape index (κ1) is 20.2. The van der Waals surface area contributed by atoms with Gasteiger partial charge < -0.3 is 9.80 Å². The maximum atomic E-state index is 12.8. The third-order valence-electron chi connectivity index (χ3n) is 6.86. The van der Waals surface area contributed by atoms with E-state index in [-0.39, 0.29) is 5.41 Å². The molecule has 3 heteroatoms. The van der Waals surface area contributed by atoms with Gasteiger partial charge in [-0.2, -0.15) is 0 Å². The number of carbonyl (C=O) groups excluding carboxylic acids is 1. The zero-order chi connectivity index (χ0) is 20.1. The Kier molecular flexibility index (Phi) is 6.34. The minimum Gasteiger partial charge on any atom is -0.338 e. The lowest BCUT2D eigenvalue weighted by molar-refractivity contribution is -0.134. The van der Waals surface area contributed by atoms with Crippen molar-refractivity contribution in [3.05, 3.63) is 71.3 Å². The third kappa shape index (κ3) is 4.90. The molecule has 2 aliphatic heterocycles. The number of hydrogen-bond acceptors (Lipinski definition) is 2. The SMILES string of the molecule is CCCC(=O)N1Cc2ccccc2CC2(CCN(CCc3ccccc3)CC2)C1. The van der Waals surface area contributed by atoms with Crippen LogP contribution in [-0.4, -0.2) is 41.9 Å². The van der Waals surface area contributed by atoms with E-state index in [4.69, 9.17) is 0 Å². The standard InChI is InChI=1S/C26H34N2O/c1-2-8-25(29)28-20-24-12-7-6-11-23(24)19-26(21-28)14-17-27(18-15-26)16-13-22-9-4-3-5-10-22/h3-7,9-12H,2,8,13-21H2,1H3. The van der Waals surface area contributed by atoms with Crippen LogP contribution >= 0.6 is 0 Å². The van der Waals surface area contributed by atoms with Gasteiger partial charge in [0.1, 0.15) is 0 Å². The zero-order valence-corrected chi connectivity index (χ0v) is 17.8. The summed E-state index contributed by atoms with van der Waals surface area (Å²) in [5.74, 6) is 0.329. The highest BCUT2D eigenvalue weighted by molar-refractivity contribution is 5.76. The van der Waals surface area contributed by atoms with Gasteiger partial charge in [-0.15, -0.1) is 0 Å². The van der Waals surface area contributed by atoms with E-state index < -0.39 is 0 Å². The molecule has 0 saturated carbocycles. The summed E-state index contributed by atoms with van der Waals surface area (Å²) in [5, 5.41) is 0. The number of fused-ring (bicyclic) bond motifs is 1. The van der Waals surface area contributed by atoms with Crippen molar-refractivity contribution >= 4 is 5.91 Å². The number of likely N-dealkylation sites (tertiary alicyclic amines) is 1. The first-order valence-corrected chi connectivity index (χ1v) is 11.3. The van der Waals surface area contributed by atoms with E-state index in [0.717, 1.165) is 52.0 Å². The molecule has 0 N–H and O–H groups in total. The van der Waals surface area contributed by atoms with E-state index in [1.54, 1.807) is 0 Å². The van der Waals surface area contributed by atoms with Crippen LogP contribution in [0.1, 0.15) is 49.3 Å². The molecule has 2 aromatic carbocycles. The first-order chi connectivity index (χ1) is 14.2. The average molecular weight is 391 g/mol.